The van der Waals surface area contributed by atoms with Gasteiger partial charge in [0.1, 0.15) is 0 Å². The SMILES string of the molecule is CCCC(CNC(=O)N1CCC(N(CC)CC)C1)C(=O)O. The number of nitrogens with zero attached hydrogens (tertiary/aromatic N) is 2. The number of hydrogen-bond donors (Lipinski definition) is 2. The van der Waals surface area contributed by atoms with Crippen LogP contribution < -0.4 is 5.32 Å². The van der Waals surface area contributed by atoms with Crippen LogP contribution in [0.4, 0.5) is 4.79 Å². The number of carboxylic acids is 1. The number of carbonyl (C=O) groups is 2. The fraction of sp³-hybridized carbons (Fsp3) is 0.867. The van der Waals surface area contributed by atoms with Gasteiger partial charge in [0.05, 0.1) is 5.92 Å². The number of aliphatic carboxylic acids is 1. The fourth-order valence-corrected chi connectivity index (χ4v) is 2.95. The average molecular weight is 299 g/mol. The molecule has 0 saturated carbocycles. The molecule has 0 spiro atoms. The van der Waals surface area contributed by atoms with E-state index in [0.29, 0.717) is 12.5 Å². The fourth-order valence-electron chi connectivity index (χ4n) is 2.95. The molecule has 2 amide bonds. The van der Waals surface area contributed by atoms with Crippen LogP contribution in [0.3, 0.4) is 0 Å². The van der Waals surface area contributed by atoms with Crippen molar-refractivity contribution < 1.29 is 14.7 Å². The van der Waals surface area contributed by atoms with Crippen LogP contribution in [0, 0.1) is 5.92 Å². The molecule has 21 heavy (non-hydrogen) atoms. The Labute approximate surface area is 127 Å². The molecule has 0 aromatic rings. The molecule has 0 bridgehead atoms. The van der Waals surface area contributed by atoms with Crippen molar-refractivity contribution in [3.63, 3.8) is 0 Å². The third-order valence-electron chi connectivity index (χ3n) is 4.27. The first-order valence-electron chi connectivity index (χ1n) is 8.03. The van der Waals surface area contributed by atoms with Crippen molar-refractivity contribution in [2.24, 2.45) is 5.92 Å². The number of likely N-dealkylation sites (tertiary alicyclic amines) is 1. The first-order chi connectivity index (χ1) is 10.0. The van der Waals surface area contributed by atoms with E-state index in [4.69, 9.17) is 5.11 Å². The molecule has 2 N–H and O–H groups in total. The van der Waals surface area contributed by atoms with E-state index in [1.54, 1.807) is 4.90 Å². The second-order valence-corrected chi connectivity index (χ2v) is 5.62. The molecule has 0 aromatic carbocycles. The predicted octanol–water partition coefficient (Wildman–Crippen LogP) is 1.61. The van der Waals surface area contributed by atoms with Gasteiger partial charge in [-0.25, -0.2) is 4.79 Å². The van der Waals surface area contributed by atoms with E-state index >= 15 is 0 Å². The van der Waals surface area contributed by atoms with Crippen molar-refractivity contribution in [1.82, 2.24) is 15.1 Å². The van der Waals surface area contributed by atoms with Gasteiger partial charge in [-0.15, -0.1) is 0 Å². The second-order valence-electron chi connectivity index (χ2n) is 5.62. The Balaban J connectivity index is 2.41. The molecule has 1 heterocycles. The van der Waals surface area contributed by atoms with E-state index in [-0.39, 0.29) is 12.6 Å². The number of urea groups is 1. The Bertz CT molecular complexity index is 345. The van der Waals surface area contributed by atoms with Crippen molar-refractivity contribution in [3.05, 3.63) is 0 Å². The summed E-state index contributed by atoms with van der Waals surface area (Å²) >= 11 is 0. The van der Waals surface area contributed by atoms with E-state index in [9.17, 15) is 9.59 Å². The molecule has 1 aliphatic rings. The highest BCUT2D eigenvalue weighted by molar-refractivity contribution is 5.76. The molecule has 6 heteroatoms. The molecule has 0 radical (unpaired) electrons. The molecule has 122 valence electrons. The van der Waals surface area contributed by atoms with Gasteiger partial charge in [0, 0.05) is 25.7 Å². The minimum atomic E-state index is -0.834. The Morgan fingerprint density at radius 1 is 1.33 bits per heavy atom. The van der Waals surface area contributed by atoms with Gasteiger partial charge in [-0.3, -0.25) is 9.69 Å². The molecule has 6 nitrogen and oxygen atoms in total. The van der Waals surface area contributed by atoms with Crippen LogP contribution in [-0.2, 0) is 4.79 Å². The largest absolute Gasteiger partial charge is 0.481 e. The summed E-state index contributed by atoms with van der Waals surface area (Å²) < 4.78 is 0. The van der Waals surface area contributed by atoms with Crippen molar-refractivity contribution in [3.8, 4) is 0 Å². The average Bonchev–Trinajstić information content (AvgIpc) is 2.94. The first-order valence-corrected chi connectivity index (χ1v) is 8.03. The molecule has 1 rings (SSSR count). The third kappa shape index (κ3) is 5.19. The van der Waals surface area contributed by atoms with Crippen molar-refractivity contribution in [2.45, 2.75) is 46.1 Å². The molecule has 0 aliphatic carbocycles. The zero-order chi connectivity index (χ0) is 15.8. The number of nitrogens with one attached hydrogen (secondary N) is 1. The Hall–Kier alpha value is -1.30. The maximum atomic E-state index is 12.1. The number of likely N-dealkylation sites (N-methyl/N-ethyl adjacent to an activating group) is 1. The van der Waals surface area contributed by atoms with E-state index in [1.807, 2.05) is 6.92 Å². The van der Waals surface area contributed by atoms with Gasteiger partial charge in [-0.2, -0.15) is 0 Å². The third-order valence-corrected chi connectivity index (χ3v) is 4.27. The van der Waals surface area contributed by atoms with Crippen LogP contribution >= 0.6 is 0 Å². The van der Waals surface area contributed by atoms with Gasteiger partial charge in [0.15, 0.2) is 0 Å². The number of hydrogen-bond acceptors (Lipinski definition) is 3. The minimum Gasteiger partial charge on any atom is -0.481 e. The van der Waals surface area contributed by atoms with E-state index < -0.39 is 11.9 Å². The summed E-state index contributed by atoms with van der Waals surface area (Å²) in [5.41, 5.74) is 0. The Kier molecular flexibility index (Phi) is 7.50. The molecule has 1 aliphatic heterocycles. The molecular formula is C15H29N3O3. The monoisotopic (exact) mass is 299 g/mol. The van der Waals surface area contributed by atoms with Gasteiger partial charge in [0.2, 0.25) is 0 Å². The van der Waals surface area contributed by atoms with Crippen molar-refractivity contribution in [1.29, 1.82) is 0 Å². The minimum absolute atomic E-state index is 0.132. The van der Waals surface area contributed by atoms with Crippen molar-refractivity contribution in [2.75, 3.05) is 32.7 Å². The number of rotatable bonds is 8. The molecule has 0 aromatic heterocycles. The van der Waals surface area contributed by atoms with E-state index in [1.165, 1.54) is 0 Å². The lowest BCUT2D eigenvalue weighted by Gasteiger charge is -2.26. The van der Waals surface area contributed by atoms with Gasteiger partial charge in [-0.05, 0) is 25.9 Å². The molecule has 2 atom stereocenters. The summed E-state index contributed by atoms with van der Waals surface area (Å²) in [6, 6.07) is 0.295. The summed E-state index contributed by atoms with van der Waals surface area (Å²) in [5, 5.41) is 11.9. The maximum Gasteiger partial charge on any atom is 0.317 e. The van der Waals surface area contributed by atoms with Crippen LogP contribution in [0.5, 0.6) is 0 Å². The molecule has 1 fully saturated rings. The standard InChI is InChI=1S/C15H29N3O3/c1-4-7-12(14(19)20)10-16-15(21)18-9-8-13(11-18)17(5-2)6-3/h12-13H,4-11H2,1-3H3,(H,16,21)(H,19,20). The van der Waals surface area contributed by atoms with Crippen LogP contribution in [0.25, 0.3) is 0 Å². The summed E-state index contributed by atoms with van der Waals surface area (Å²) in [6.07, 6.45) is 2.39. The summed E-state index contributed by atoms with van der Waals surface area (Å²) in [5.74, 6) is -1.32. The van der Waals surface area contributed by atoms with Gasteiger partial charge in [0.25, 0.3) is 0 Å². The van der Waals surface area contributed by atoms with E-state index in [2.05, 4.69) is 24.1 Å². The lowest BCUT2D eigenvalue weighted by atomic mass is 10.0. The normalized spacial score (nSPS) is 19.8. The highest BCUT2D eigenvalue weighted by Gasteiger charge is 2.29. The summed E-state index contributed by atoms with van der Waals surface area (Å²) in [4.78, 5) is 27.4. The van der Waals surface area contributed by atoms with Gasteiger partial charge >= 0.3 is 12.0 Å². The molecule has 1 saturated heterocycles. The number of amides is 2. The lowest BCUT2D eigenvalue weighted by molar-refractivity contribution is -0.141. The van der Waals surface area contributed by atoms with E-state index in [0.717, 1.165) is 39.0 Å². The Morgan fingerprint density at radius 3 is 2.52 bits per heavy atom. The van der Waals surface area contributed by atoms with Crippen molar-refractivity contribution >= 4 is 12.0 Å². The predicted molar refractivity (Wildman–Crippen MR) is 82.3 cm³/mol. The zero-order valence-electron chi connectivity index (χ0n) is 13.5. The second kappa shape index (κ2) is 8.87. The lowest BCUT2D eigenvalue weighted by Crippen LogP contribution is -2.44. The van der Waals surface area contributed by atoms with Crippen LogP contribution in [0.15, 0.2) is 0 Å². The van der Waals surface area contributed by atoms with Crippen LogP contribution in [0.2, 0.25) is 0 Å². The molecule has 2 unspecified atom stereocenters. The first kappa shape index (κ1) is 17.8. The highest BCUT2D eigenvalue weighted by Crippen LogP contribution is 2.15. The van der Waals surface area contributed by atoms with Crippen LogP contribution in [0.1, 0.15) is 40.0 Å². The highest BCUT2D eigenvalue weighted by atomic mass is 16.4. The van der Waals surface area contributed by atoms with Crippen LogP contribution in [-0.4, -0.2) is 65.7 Å². The smallest absolute Gasteiger partial charge is 0.317 e. The number of carbonyl (C=O) groups excluding carboxylic acids is 1. The maximum absolute atomic E-state index is 12.1. The summed E-state index contributed by atoms with van der Waals surface area (Å²) in [6.45, 7) is 9.91. The van der Waals surface area contributed by atoms with Gasteiger partial charge in [-0.1, -0.05) is 27.2 Å². The number of carboxylic acid groups (broad SMARTS) is 1. The zero-order valence-corrected chi connectivity index (χ0v) is 13.5. The van der Waals surface area contributed by atoms with Gasteiger partial charge < -0.3 is 15.3 Å². The quantitative estimate of drug-likeness (QED) is 0.714. The Morgan fingerprint density at radius 2 is 2.00 bits per heavy atom. The molecular weight excluding hydrogens is 270 g/mol. The topological polar surface area (TPSA) is 72.9 Å². The summed E-state index contributed by atoms with van der Waals surface area (Å²) in [7, 11) is 0.